The largest absolute Gasteiger partial charge is 0.426 e. The van der Waals surface area contributed by atoms with Gasteiger partial charge in [0.1, 0.15) is 5.75 Å². The topological polar surface area (TPSA) is 52.1 Å². The lowest BCUT2D eigenvalue weighted by molar-refractivity contribution is -0.131. The molecule has 0 fully saturated rings. The van der Waals surface area contributed by atoms with Gasteiger partial charge in [0.15, 0.2) is 0 Å². The van der Waals surface area contributed by atoms with Crippen LogP contribution >= 0.6 is 0 Å². The number of carbonyl (C=O) groups excluding carboxylic acids is 1. The average Bonchev–Trinajstić information content (AvgIpc) is 2.46. The Labute approximate surface area is 122 Å². The van der Waals surface area contributed by atoms with E-state index in [4.69, 9.17) is 4.74 Å². The highest BCUT2D eigenvalue weighted by atomic mass is 16.5. The Kier molecular flexibility index (Phi) is 3.36. The van der Waals surface area contributed by atoms with E-state index in [1.807, 2.05) is 43.3 Å². The van der Waals surface area contributed by atoms with Crippen LogP contribution in [0.4, 0.5) is 0 Å². The number of hydrogen-bond acceptors (Lipinski definition) is 4. The first-order chi connectivity index (χ1) is 10.1. The number of rotatable bonds is 2. The Morgan fingerprint density at radius 2 is 1.90 bits per heavy atom. The summed E-state index contributed by atoms with van der Waals surface area (Å²) in [5.41, 5.74) is 4.23. The molecule has 1 heterocycles. The molecule has 0 radical (unpaired) electrons. The van der Waals surface area contributed by atoms with Crippen LogP contribution in [0.2, 0.25) is 0 Å². The number of aromatic nitrogens is 2. The molecule has 3 rings (SSSR count). The minimum Gasteiger partial charge on any atom is -0.426 e. The second-order valence-electron chi connectivity index (χ2n) is 4.84. The zero-order valence-corrected chi connectivity index (χ0v) is 11.8. The highest BCUT2D eigenvalue weighted by Gasteiger charge is 2.10. The van der Waals surface area contributed by atoms with Gasteiger partial charge in [0, 0.05) is 12.5 Å². The standard InChI is InChI=1S/C17H14N2O2/c1-11-7-8-14-15(9-11)19-16(10-18-14)13-5-3-4-6-17(13)21-12(2)20/h3-10H,1-2H3. The molecule has 0 bridgehead atoms. The summed E-state index contributed by atoms with van der Waals surface area (Å²) in [4.78, 5) is 20.2. The second kappa shape index (κ2) is 5.32. The predicted octanol–water partition coefficient (Wildman–Crippen LogP) is 3.53. The van der Waals surface area contributed by atoms with Crippen molar-refractivity contribution in [3.63, 3.8) is 0 Å². The smallest absolute Gasteiger partial charge is 0.308 e. The molecule has 0 aliphatic carbocycles. The van der Waals surface area contributed by atoms with E-state index in [1.165, 1.54) is 6.92 Å². The van der Waals surface area contributed by atoms with Gasteiger partial charge in [-0.15, -0.1) is 0 Å². The Morgan fingerprint density at radius 1 is 1.10 bits per heavy atom. The molecule has 0 saturated heterocycles. The lowest BCUT2D eigenvalue weighted by Gasteiger charge is -2.08. The Hall–Kier alpha value is -2.75. The summed E-state index contributed by atoms with van der Waals surface area (Å²) in [6.45, 7) is 3.40. The monoisotopic (exact) mass is 278 g/mol. The van der Waals surface area contributed by atoms with Crippen LogP contribution in [-0.2, 0) is 4.79 Å². The number of hydrogen-bond donors (Lipinski definition) is 0. The van der Waals surface area contributed by atoms with E-state index >= 15 is 0 Å². The molecule has 3 aromatic rings. The number of carbonyl (C=O) groups is 1. The minimum atomic E-state index is -0.355. The van der Waals surface area contributed by atoms with Crippen LogP contribution in [-0.4, -0.2) is 15.9 Å². The van der Waals surface area contributed by atoms with Crippen LogP contribution in [0.25, 0.3) is 22.3 Å². The van der Waals surface area contributed by atoms with Gasteiger partial charge in [-0.1, -0.05) is 18.2 Å². The maximum Gasteiger partial charge on any atom is 0.308 e. The summed E-state index contributed by atoms with van der Waals surface area (Å²) in [6.07, 6.45) is 1.69. The lowest BCUT2D eigenvalue weighted by Crippen LogP contribution is -2.03. The maximum atomic E-state index is 11.2. The number of ether oxygens (including phenoxy) is 1. The Morgan fingerprint density at radius 3 is 2.71 bits per heavy atom. The summed E-state index contributed by atoms with van der Waals surface area (Å²) >= 11 is 0. The molecule has 0 aliphatic rings. The van der Waals surface area contributed by atoms with Crippen molar-refractivity contribution < 1.29 is 9.53 Å². The van der Waals surface area contributed by atoms with Crippen LogP contribution in [0, 0.1) is 6.92 Å². The Balaban J connectivity index is 2.14. The van der Waals surface area contributed by atoms with E-state index in [0.29, 0.717) is 11.4 Å². The number of esters is 1. The second-order valence-corrected chi connectivity index (χ2v) is 4.84. The van der Waals surface area contributed by atoms with Gasteiger partial charge >= 0.3 is 5.97 Å². The summed E-state index contributed by atoms with van der Waals surface area (Å²) in [7, 11) is 0. The molecule has 2 aromatic carbocycles. The number of nitrogens with zero attached hydrogens (tertiary/aromatic N) is 2. The highest BCUT2D eigenvalue weighted by molar-refractivity contribution is 5.80. The van der Waals surface area contributed by atoms with E-state index < -0.39 is 0 Å². The van der Waals surface area contributed by atoms with Crippen molar-refractivity contribution in [3.8, 4) is 17.0 Å². The molecular formula is C17H14N2O2. The highest BCUT2D eigenvalue weighted by Crippen LogP contribution is 2.29. The van der Waals surface area contributed by atoms with Crippen molar-refractivity contribution in [1.82, 2.24) is 9.97 Å². The van der Waals surface area contributed by atoms with E-state index in [2.05, 4.69) is 9.97 Å². The lowest BCUT2D eigenvalue weighted by atomic mass is 10.1. The third-order valence-electron chi connectivity index (χ3n) is 3.11. The fourth-order valence-electron chi connectivity index (χ4n) is 2.17. The van der Waals surface area contributed by atoms with Gasteiger partial charge in [0.25, 0.3) is 0 Å². The zero-order valence-electron chi connectivity index (χ0n) is 11.8. The molecule has 0 unspecified atom stereocenters. The van der Waals surface area contributed by atoms with Crippen molar-refractivity contribution in [1.29, 1.82) is 0 Å². The fraction of sp³-hybridized carbons (Fsp3) is 0.118. The molecule has 0 amide bonds. The van der Waals surface area contributed by atoms with Gasteiger partial charge in [0.2, 0.25) is 0 Å². The first-order valence-corrected chi connectivity index (χ1v) is 6.65. The fourth-order valence-corrected chi connectivity index (χ4v) is 2.17. The molecule has 1 aromatic heterocycles. The molecule has 0 atom stereocenters. The van der Waals surface area contributed by atoms with E-state index in [9.17, 15) is 4.79 Å². The molecule has 4 nitrogen and oxygen atoms in total. The van der Waals surface area contributed by atoms with Gasteiger partial charge < -0.3 is 4.74 Å². The van der Waals surface area contributed by atoms with Crippen LogP contribution < -0.4 is 4.74 Å². The molecule has 0 spiro atoms. The Bertz CT molecular complexity index is 828. The summed E-state index contributed by atoms with van der Waals surface area (Å²) < 4.78 is 5.23. The zero-order chi connectivity index (χ0) is 14.8. The molecule has 0 saturated carbocycles. The summed E-state index contributed by atoms with van der Waals surface area (Å²) in [5.74, 6) is 0.137. The predicted molar refractivity (Wildman–Crippen MR) is 81.0 cm³/mol. The molecule has 4 heteroatoms. The SMILES string of the molecule is CC(=O)Oc1ccccc1-c1cnc2ccc(C)cc2n1. The minimum absolute atomic E-state index is 0.355. The van der Waals surface area contributed by atoms with Crippen molar-refractivity contribution in [2.45, 2.75) is 13.8 Å². The van der Waals surface area contributed by atoms with Crippen LogP contribution in [0.1, 0.15) is 12.5 Å². The normalized spacial score (nSPS) is 10.6. The third-order valence-corrected chi connectivity index (χ3v) is 3.11. The summed E-state index contributed by atoms with van der Waals surface area (Å²) in [6, 6.07) is 13.2. The van der Waals surface area contributed by atoms with E-state index in [1.54, 1.807) is 12.3 Å². The van der Waals surface area contributed by atoms with Crippen molar-refractivity contribution in [2.75, 3.05) is 0 Å². The molecule has 21 heavy (non-hydrogen) atoms. The van der Waals surface area contributed by atoms with Gasteiger partial charge in [-0.05, 0) is 36.8 Å². The summed E-state index contributed by atoms with van der Waals surface area (Å²) in [5, 5.41) is 0. The van der Waals surface area contributed by atoms with Crippen LogP contribution in [0.15, 0.2) is 48.7 Å². The number of benzene rings is 2. The van der Waals surface area contributed by atoms with Crippen molar-refractivity contribution in [2.24, 2.45) is 0 Å². The van der Waals surface area contributed by atoms with Gasteiger partial charge in [0.05, 0.1) is 22.9 Å². The number of aryl methyl sites for hydroxylation is 1. The van der Waals surface area contributed by atoms with Gasteiger partial charge in [-0.2, -0.15) is 0 Å². The van der Waals surface area contributed by atoms with Crippen molar-refractivity contribution in [3.05, 3.63) is 54.2 Å². The van der Waals surface area contributed by atoms with E-state index in [0.717, 1.165) is 22.2 Å². The quantitative estimate of drug-likeness (QED) is 0.531. The van der Waals surface area contributed by atoms with Crippen molar-refractivity contribution >= 4 is 17.0 Å². The van der Waals surface area contributed by atoms with Crippen LogP contribution in [0.5, 0.6) is 5.75 Å². The molecular weight excluding hydrogens is 264 g/mol. The number of fused-ring (bicyclic) bond motifs is 1. The van der Waals surface area contributed by atoms with Crippen LogP contribution in [0.3, 0.4) is 0 Å². The van der Waals surface area contributed by atoms with Gasteiger partial charge in [-0.25, -0.2) is 4.98 Å². The van der Waals surface area contributed by atoms with E-state index in [-0.39, 0.29) is 5.97 Å². The first-order valence-electron chi connectivity index (χ1n) is 6.65. The molecule has 0 aliphatic heterocycles. The maximum absolute atomic E-state index is 11.2. The van der Waals surface area contributed by atoms with Gasteiger partial charge in [-0.3, -0.25) is 9.78 Å². The first kappa shape index (κ1) is 13.2. The molecule has 0 N–H and O–H groups in total. The average molecular weight is 278 g/mol. The third kappa shape index (κ3) is 2.74. The molecule has 104 valence electrons. The number of para-hydroxylation sites is 1.